The third-order valence-corrected chi connectivity index (χ3v) is 4.46. The lowest BCUT2D eigenvalue weighted by molar-refractivity contribution is -0.138. The summed E-state index contributed by atoms with van der Waals surface area (Å²) < 4.78 is 5.38. The highest BCUT2D eigenvalue weighted by molar-refractivity contribution is 6.40. The first-order valence-corrected chi connectivity index (χ1v) is 6.96. The first kappa shape index (κ1) is 11.3. The molecule has 2 heterocycles. The number of hydrazone groups is 1. The van der Waals surface area contributed by atoms with E-state index in [1.807, 2.05) is 29.3 Å². The number of nitrogens with zero attached hydrogens (tertiary/aromatic N) is 2. The van der Waals surface area contributed by atoms with Gasteiger partial charge in [0.25, 0.3) is 0 Å². The van der Waals surface area contributed by atoms with Crippen LogP contribution in [0.5, 0.6) is 0 Å². The van der Waals surface area contributed by atoms with E-state index in [1.165, 1.54) is 0 Å². The summed E-state index contributed by atoms with van der Waals surface area (Å²) in [6.07, 6.45) is 3.11. The molecule has 98 valence electrons. The summed E-state index contributed by atoms with van der Waals surface area (Å²) >= 11 is 5.91. The Kier molecular flexibility index (Phi) is 2.36. The van der Waals surface area contributed by atoms with Crippen LogP contribution in [0.1, 0.15) is 19.3 Å². The number of carbonyl (C=O) groups excluding carboxylic acids is 1. The van der Waals surface area contributed by atoms with Crippen molar-refractivity contribution in [1.29, 1.82) is 0 Å². The number of halogens is 1. The number of hydrogen-bond acceptors (Lipinski definition) is 4. The molecular formula is C14H13ClN2O2. The quantitative estimate of drug-likeness (QED) is 0.741. The summed E-state index contributed by atoms with van der Waals surface area (Å²) in [5.74, 6) is -0.0877. The number of esters is 1. The van der Waals surface area contributed by atoms with Gasteiger partial charge in [0, 0.05) is 5.02 Å². The van der Waals surface area contributed by atoms with E-state index in [0.717, 1.165) is 24.9 Å². The van der Waals surface area contributed by atoms with E-state index in [9.17, 15) is 4.79 Å². The molecule has 0 amide bonds. The van der Waals surface area contributed by atoms with Gasteiger partial charge in [-0.25, -0.2) is 4.79 Å². The molecule has 0 radical (unpaired) electrons. The molecule has 19 heavy (non-hydrogen) atoms. The summed E-state index contributed by atoms with van der Waals surface area (Å²) in [7, 11) is 0. The zero-order valence-electron chi connectivity index (χ0n) is 10.3. The zero-order chi connectivity index (χ0) is 13.0. The Morgan fingerprint density at radius 1 is 1.26 bits per heavy atom. The van der Waals surface area contributed by atoms with Crippen LogP contribution in [0.15, 0.2) is 29.4 Å². The van der Waals surface area contributed by atoms with E-state index in [2.05, 4.69) is 5.10 Å². The second-order valence-corrected chi connectivity index (χ2v) is 5.71. The molecule has 2 fully saturated rings. The minimum Gasteiger partial charge on any atom is -0.457 e. The normalized spacial score (nSPS) is 32.1. The van der Waals surface area contributed by atoms with Crippen molar-refractivity contribution in [3.63, 3.8) is 0 Å². The van der Waals surface area contributed by atoms with E-state index >= 15 is 0 Å². The molecule has 1 saturated heterocycles. The van der Waals surface area contributed by atoms with Gasteiger partial charge in [0.05, 0.1) is 17.6 Å². The lowest BCUT2D eigenvalue weighted by Gasteiger charge is -2.33. The van der Waals surface area contributed by atoms with Crippen LogP contribution < -0.4 is 5.01 Å². The first-order chi connectivity index (χ1) is 9.24. The monoisotopic (exact) mass is 276 g/mol. The molecule has 1 aromatic rings. The molecule has 4 rings (SSSR count). The van der Waals surface area contributed by atoms with Crippen LogP contribution in [0, 0.1) is 5.92 Å². The fraction of sp³-hybridized carbons (Fsp3) is 0.429. The van der Waals surface area contributed by atoms with Crippen molar-refractivity contribution in [3.05, 3.63) is 29.3 Å². The van der Waals surface area contributed by atoms with Gasteiger partial charge in [0.15, 0.2) is 5.71 Å². The van der Waals surface area contributed by atoms with Crippen LogP contribution in [0.4, 0.5) is 5.69 Å². The van der Waals surface area contributed by atoms with Crippen molar-refractivity contribution in [2.45, 2.75) is 31.4 Å². The number of ether oxygens (including phenoxy) is 1. The zero-order valence-corrected chi connectivity index (χ0v) is 11.0. The molecule has 5 heteroatoms. The van der Waals surface area contributed by atoms with Crippen LogP contribution >= 0.6 is 11.6 Å². The molecule has 0 bridgehead atoms. The Bertz CT molecular complexity index is 569. The molecule has 0 aromatic heterocycles. The summed E-state index contributed by atoms with van der Waals surface area (Å²) in [5, 5.41) is 7.19. The van der Waals surface area contributed by atoms with Gasteiger partial charge in [-0.15, -0.1) is 0 Å². The standard InChI is InChI=1S/C14H13ClN2O2/c15-8-4-6-9(7-5-8)17-10-2-1-3-11-12(10)13(16-17)14(18)19-11/h4-7,10-12H,1-3H2/t10-,11+,12-/m0/s1. The number of anilines is 1. The predicted octanol–water partition coefficient (Wildman–Crippen LogP) is 2.61. The van der Waals surface area contributed by atoms with Crippen molar-refractivity contribution in [3.8, 4) is 0 Å². The van der Waals surface area contributed by atoms with Gasteiger partial charge in [-0.2, -0.15) is 5.10 Å². The lowest BCUT2D eigenvalue weighted by atomic mass is 9.81. The first-order valence-electron chi connectivity index (χ1n) is 6.58. The summed E-state index contributed by atoms with van der Waals surface area (Å²) in [6, 6.07) is 7.85. The van der Waals surface area contributed by atoms with E-state index in [0.29, 0.717) is 10.7 Å². The highest BCUT2D eigenvalue weighted by Gasteiger charge is 2.53. The van der Waals surface area contributed by atoms with E-state index in [1.54, 1.807) is 0 Å². The minimum atomic E-state index is -0.238. The lowest BCUT2D eigenvalue weighted by Crippen LogP contribution is -2.40. The van der Waals surface area contributed by atoms with Gasteiger partial charge in [-0.1, -0.05) is 11.6 Å². The molecule has 1 aromatic carbocycles. The van der Waals surface area contributed by atoms with Gasteiger partial charge < -0.3 is 4.74 Å². The number of rotatable bonds is 1. The average molecular weight is 277 g/mol. The Balaban J connectivity index is 1.74. The molecule has 3 aliphatic rings. The number of benzene rings is 1. The van der Waals surface area contributed by atoms with Crippen LogP contribution in [0.2, 0.25) is 5.02 Å². The van der Waals surface area contributed by atoms with Crippen LogP contribution in [-0.4, -0.2) is 23.8 Å². The van der Waals surface area contributed by atoms with Crippen LogP contribution in [0.3, 0.4) is 0 Å². The van der Waals surface area contributed by atoms with Crippen molar-refractivity contribution in [2.75, 3.05) is 5.01 Å². The maximum atomic E-state index is 11.8. The Hall–Kier alpha value is -1.55. The molecule has 2 aliphatic heterocycles. The SMILES string of the molecule is O=C1O[C@@H]2CCC[C@H]3[C@@H]2C1=NN3c1ccc(Cl)cc1. The summed E-state index contributed by atoms with van der Waals surface area (Å²) in [4.78, 5) is 11.8. The topological polar surface area (TPSA) is 41.9 Å². The Labute approximate surface area is 116 Å². The Morgan fingerprint density at radius 3 is 2.84 bits per heavy atom. The van der Waals surface area contributed by atoms with E-state index < -0.39 is 0 Å². The van der Waals surface area contributed by atoms with Crippen molar-refractivity contribution in [2.24, 2.45) is 11.0 Å². The van der Waals surface area contributed by atoms with Gasteiger partial charge in [-0.3, -0.25) is 5.01 Å². The Morgan fingerprint density at radius 2 is 2.05 bits per heavy atom. The molecule has 3 atom stereocenters. The fourth-order valence-corrected chi connectivity index (χ4v) is 3.50. The van der Waals surface area contributed by atoms with Crippen molar-refractivity contribution < 1.29 is 9.53 Å². The highest BCUT2D eigenvalue weighted by atomic mass is 35.5. The number of carbonyl (C=O) groups is 1. The van der Waals surface area contributed by atoms with E-state index in [-0.39, 0.29) is 24.0 Å². The maximum absolute atomic E-state index is 11.8. The third kappa shape index (κ3) is 1.59. The summed E-state index contributed by atoms with van der Waals surface area (Å²) in [6.45, 7) is 0. The molecule has 0 N–H and O–H groups in total. The highest BCUT2D eigenvalue weighted by Crippen LogP contribution is 2.42. The predicted molar refractivity (Wildman–Crippen MR) is 72.4 cm³/mol. The van der Waals surface area contributed by atoms with Crippen LogP contribution in [0.25, 0.3) is 0 Å². The van der Waals surface area contributed by atoms with Gasteiger partial charge in [0.1, 0.15) is 6.10 Å². The third-order valence-electron chi connectivity index (χ3n) is 4.21. The van der Waals surface area contributed by atoms with Gasteiger partial charge in [-0.05, 0) is 43.5 Å². The molecule has 1 saturated carbocycles. The second kappa shape index (κ2) is 3.97. The minimum absolute atomic E-state index is 0.0299. The van der Waals surface area contributed by atoms with Crippen LogP contribution in [-0.2, 0) is 9.53 Å². The van der Waals surface area contributed by atoms with Crippen molar-refractivity contribution in [1.82, 2.24) is 0 Å². The van der Waals surface area contributed by atoms with Gasteiger partial charge >= 0.3 is 5.97 Å². The molecular weight excluding hydrogens is 264 g/mol. The number of hydrogen-bond donors (Lipinski definition) is 0. The fourth-order valence-electron chi connectivity index (χ4n) is 3.37. The largest absolute Gasteiger partial charge is 0.457 e. The second-order valence-electron chi connectivity index (χ2n) is 5.27. The van der Waals surface area contributed by atoms with E-state index in [4.69, 9.17) is 16.3 Å². The molecule has 0 spiro atoms. The van der Waals surface area contributed by atoms with Gasteiger partial charge in [0.2, 0.25) is 0 Å². The maximum Gasteiger partial charge on any atom is 0.355 e. The average Bonchev–Trinajstić information content (AvgIpc) is 2.94. The summed E-state index contributed by atoms with van der Waals surface area (Å²) in [5.41, 5.74) is 1.59. The van der Waals surface area contributed by atoms with Crippen molar-refractivity contribution >= 4 is 29.0 Å². The molecule has 1 aliphatic carbocycles. The molecule has 4 nitrogen and oxygen atoms in total. The molecule has 0 unspecified atom stereocenters. The smallest absolute Gasteiger partial charge is 0.355 e.